The summed E-state index contributed by atoms with van der Waals surface area (Å²) in [5.74, 6) is 1.46. The third-order valence-electron chi connectivity index (χ3n) is 5.58. The first-order valence-corrected chi connectivity index (χ1v) is 9.85. The topological polar surface area (TPSA) is 114 Å². The highest BCUT2D eigenvalue weighted by molar-refractivity contribution is 5.83. The summed E-state index contributed by atoms with van der Waals surface area (Å²) in [4.78, 5) is 11.8. The molecule has 9 nitrogen and oxygen atoms in total. The number of fused-ring (bicyclic) bond motifs is 1. The van der Waals surface area contributed by atoms with Crippen LogP contribution in [0.4, 0.5) is 5.82 Å². The molecule has 0 saturated carbocycles. The highest BCUT2D eigenvalue weighted by atomic mass is 15.2. The molecule has 0 spiro atoms. The Morgan fingerprint density at radius 1 is 1.17 bits per heavy atom. The van der Waals surface area contributed by atoms with E-state index in [-0.39, 0.29) is 0 Å². The summed E-state index contributed by atoms with van der Waals surface area (Å²) in [6.45, 7) is 2.60. The number of nitriles is 1. The van der Waals surface area contributed by atoms with Crippen LogP contribution >= 0.6 is 0 Å². The molecule has 9 heteroatoms. The fourth-order valence-electron chi connectivity index (χ4n) is 3.94. The quantitative estimate of drug-likeness (QED) is 0.557. The molecule has 30 heavy (non-hydrogen) atoms. The van der Waals surface area contributed by atoms with E-state index >= 15 is 0 Å². The lowest BCUT2D eigenvalue weighted by Gasteiger charge is -2.17. The molecule has 5 rings (SSSR count). The van der Waals surface area contributed by atoms with Gasteiger partial charge < -0.3 is 10.6 Å². The Morgan fingerprint density at radius 3 is 2.73 bits per heavy atom. The number of nitrogens with zero attached hydrogens (tertiary/aromatic N) is 8. The van der Waals surface area contributed by atoms with Gasteiger partial charge in [-0.25, -0.2) is 14.5 Å². The third-order valence-corrected chi connectivity index (χ3v) is 5.58. The Hall–Kier alpha value is -3.77. The molecule has 1 fully saturated rings. The number of aryl methyl sites for hydroxylation is 1. The minimum Gasteiger partial charge on any atom is -0.356 e. The minimum atomic E-state index is 0.477. The number of anilines is 1. The Morgan fingerprint density at radius 2 is 2.07 bits per heavy atom. The summed E-state index contributed by atoms with van der Waals surface area (Å²) < 4.78 is 3.43. The van der Waals surface area contributed by atoms with Gasteiger partial charge in [-0.2, -0.15) is 15.5 Å². The van der Waals surface area contributed by atoms with Crippen molar-refractivity contribution in [2.24, 2.45) is 18.7 Å². The third kappa shape index (κ3) is 3.07. The van der Waals surface area contributed by atoms with Crippen molar-refractivity contribution < 1.29 is 0 Å². The van der Waals surface area contributed by atoms with E-state index in [4.69, 9.17) is 10.7 Å². The van der Waals surface area contributed by atoms with Crippen molar-refractivity contribution in [3.05, 3.63) is 48.7 Å². The van der Waals surface area contributed by atoms with Crippen LogP contribution in [0, 0.1) is 17.2 Å². The molecule has 0 aromatic carbocycles. The molecule has 0 amide bonds. The molecular weight excluding hydrogens is 378 g/mol. The molecule has 150 valence electrons. The average Bonchev–Trinajstić information content (AvgIpc) is 3.52. The monoisotopic (exact) mass is 399 g/mol. The SMILES string of the molecule is Cn1cc(-c2cn3ncc(C#N)c3c(-c3ccc(N4CCC(CN)C4)nc3)n2)cn1. The van der Waals surface area contributed by atoms with Crippen molar-refractivity contribution in [2.45, 2.75) is 6.42 Å². The average molecular weight is 399 g/mol. The van der Waals surface area contributed by atoms with Crippen molar-refractivity contribution in [1.29, 1.82) is 5.26 Å². The van der Waals surface area contributed by atoms with Gasteiger partial charge in [-0.05, 0) is 31.0 Å². The Kier molecular flexibility index (Phi) is 4.41. The zero-order valence-corrected chi connectivity index (χ0v) is 16.6. The van der Waals surface area contributed by atoms with Crippen molar-refractivity contribution in [3.8, 4) is 28.6 Å². The van der Waals surface area contributed by atoms with Gasteiger partial charge >= 0.3 is 0 Å². The lowest BCUT2D eigenvalue weighted by molar-refractivity contribution is 0.602. The Balaban J connectivity index is 1.59. The smallest absolute Gasteiger partial charge is 0.128 e. The van der Waals surface area contributed by atoms with Crippen LogP contribution in [0.25, 0.3) is 28.0 Å². The number of rotatable bonds is 4. The maximum atomic E-state index is 9.54. The molecule has 2 N–H and O–H groups in total. The summed E-state index contributed by atoms with van der Waals surface area (Å²) in [7, 11) is 1.86. The van der Waals surface area contributed by atoms with E-state index in [1.807, 2.05) is 37.8 Å². The van der Waals surface area contributed by atoms with Crippen LogP contribution in [-0.2, 0) is 7.05 Å². The van der Waals surface area contributed by atoms with Crippen LogP contribution in [0.3, 0.4) is 0 Å². The summed E-state index contributed by atoms with van der Waals surface area (Å²) in [6, 6.07) is 6.22. The molecule has 4 aromatic rings. The van der Waals surface area contributed by atoms with Gasteiger partial charge in [0.05, 0.1) is 30.0 Å². The molecule has 1 atom stereocenters. The van der Waals surface area contributed by atoms with E-state index in [0.717, 1.165) is 42.1 Å². The van der Waals surface area contributed by atoms with Gasteiger partial charge in [-0.15, -0.1) is 0 Å². The predicted octanol–water partition coefficient (Wildman–Crippen LogP) is 1.85. The summed E-state index contributed by atoms with van der Waals surface area (Å²) in [5, 5.41) is 18.1. The van der Waals surface area contributed by atoms with Gasteiger partial charge in [0.25, 0.3) is 0 Å². The van der Waals surface area contributed by atoms with E-state index in [1.165, 1.54) is 0 Å². The van der Waals surface area contributed by atoms with Crippen LogP contribution in [0.15, 0.2) is 43.1 Å². The highest BCUT2D eigenvalue weighted by Crippen LogP contribution is 2.30. The molecule has 1 aliphatic heterocycles. The largest absolute Gasteiger partial charge is 0.356 e. The summed E-state index contributed by atoms with van der Waals surface area (Å²) in [5.41, 5.74) is 10.1. The molecule has 5 heterocycles. The van der Waals surface area contributed by atoms with Gasteiger partial charge in [-0.1, -0.05) is 0 Å². The molecule has 0 aliphatic carbocycles. The van der Waals surface area contributed by atoms with Crippen LogP contribution in [-0.4, -0.2) is 49.0 Å². The van der Waals surface area contributed by atoms with Crippen molar-refractivity contribution >= 4 is 11.3 Å². The van der Waals surface area contributed by atoms with Gasteiger partial charge in [0.15, 0.2) is 0 Å². The van der Waals surface area contributed by atoms with Crippen molar-refractivity contribution in [1.82, 2.24) is 29.4 Å². The van der Waals surface area contributed by atoms with E-state index in [9.17, 15) is 5.26 Å². The van der Waals surface area contributed by atoms with Gasteiger partial charge in [0.2, 0.25) is 0 Å². The summed E-state index contributed by atoms with van der Waals surface area (Å²) >= 11 is 0. The maximum Gasteiger partial charge on any atom is 0.128 e. The second kappa shape index (κ2) is 7.24. The van der Waals surface area contributed by atoms with Crippen molar-refractivity contribution in [3.63, 3.8) is 0 Å². The standard InChI is InChI=1S/C21H21N9/c1-28-12-17(10-25-28)18-13-30-21(16(7-23)9-26-30)20(27-18)15-2-3-19(24-8-15)29-5-4-14(6-22)11-29/h2-3,8-10,12-14H,4-6,11,22H2,1H3. The first kappa shape index (κ1) is 18.3. The first-order chi connectivity index (χ1) is 14.7. The zero-order valence-electron chi connectivity index (χ0n) is 16.6. The number of aromatic nitrogens is 6. The Bertz CT molecular complexity index is 1250. The maximum absolute atomic E-state index is 9.54. The predicted molar refractivity (Wildman–Crippen MR) is 113 cm³/mol. The van der Waals surface area contributed by atoms with Crippen molar-refractivity contribution in [2.75, 3.05) is 24.5 Å². The molecule has 0 bridgehead atoms. The number of nitrogens with two attached hydrogens (primary N) is 1. The second-order valence-corrected chi connectivity index (χ2v) is 7.58. The molecule has 0 radical (unpaired) electrons. The Labute approximate surface area is 173 Å². The van der Waals surface area contributed by atoms with E-state index in [0.29, 0.717) is 29.2 Å². The van der Waals surface area contributed by atoms with Gasteiger partial charge in [0.1, 0.15) is 23.0 Å². The van der Waals surface area contributed by atoms with Crippen LogP contribution in [0.5, 0.6) is 0 Å². The van der Waals surface area contributed by atoms with E-state index in [2.05, 4.69) is 26.2 Å². The van der Waals surface area contributed by atoms with Crippen LogP contribution in [0.1, 0.15) is 12.0 Å². The number of hydrogen-bond donors (Lipinski definition) is 1. The fourth-order valence-corrected chi connectivity index (χ4v) is 3.94. The number of hydrogen-bond acceptors (Lipinski definition) is 7. The second-order valence-electron chi connectivity index (χ2n) is 7.58. The molecule has 4 aromatic heterocycles. The van der Waals surface area contributed by atoms with Gasteiger partial charge in [-0.3, -0.25) is 4.68 Å². The minimum absolute atomic E-state index is 0.477. The molecule has 1 saturated heterocycles. The lowest BCUT2D eigenvalue weighted by atomic mass is 10.1. The van der Waals surface area contributed by atoms with E-state index < -0.39 is 0 Å². The van der Waals surface area contributed by atoms with Crippen LogP contribution < -0.4 is 10.6 Å². The first-order valence-electron chi connectivity index (χ1n) is 9.85. The normalized spacial score (nSPS) is 16.3. The molecule has 1 aliphatic rings. The molecule has 1 unspecified atom stereocenters. The zero-order chi connectivity index (χ0) is 20.7. The lowest BCUT2D eigenvalue weighted by Crippen LogP contribution is -2.23. The number of pyridine rings is 1. The summed E-state index contributed by atoms with van der Waals surface area (Å²) in [6.07, 6.45) is 9.94. The molecular formula is C21H21N9. The van der Waals surface area contributed by atoms with Crippen LogP contribution in [0.2, 0.25) is 0 Å². The van der Waals surface area contributed by atoms with Gasteiger partial charge in [0, 0.05) is 43.7 Å². The highest BCUT2D eigenvalue weighted by Gasteiger charge is 2.22. The fraction of sp³-hybridized carbons (Fsp3) is 0.286. The van der Waals surface area contributed by atoms with E-state index in [1.54, 1.807) is 21.6 Å².